The van der Waals surface area contributed by atoms with Gasteiger partial charge < -0.3 is 5.32 Å². The van der Waals surface area contributed by atoms with Crippen LogP contribution < -0.4 is 5.32 Å². The molecule has 5 heteroatoms. The van der Waals surface area contributed by atoms with E-state index in [1.807, 2.05) is 30.5 Å². The summed E-state index contributed by atoms with van der Waals surface area (Å²) in [5.74, 6) is 2.19. The Labute approximate surface area is 189 Å². The molecule has 1 N–H and O–H groups in total. The molecule has 0 saturated carbocycles. The van der Waals surface area contributed by atoms with E-state index in [0.29, 0.717) is 12.5 Å². The van der Waals surface area contributed by atoms with Gasteiger partial charge in [-0.15, -0.1) is 0 Å². The number of pyridine rings is 2. The number of aryl methyl sites for hydroxylation is 1. The van der Waals surface area contributed by atoms with E-state index in [1.165, 1.54) is 16.8 Å². The number of anilines is 1. The van der Waals surface area contributed by atoms with Gasteiger partial charge >= 0.3 is 0 Å². The zero-order chi connectivity index (χ0) is 21.9. The molecule has 5 rings (SSSR count). The molecule has 0 aliphatic heterocycles. The Bertz CT molecular complexity index is 1220. The number of fused-ring (bicyclic) bond motifs is 1. The number of hydrogen-bond acceptors (Lipinski definition) is 5. The molecule has 0 amide bonds. The maximum atomic E-state index is 4.99. The molecule has 160 valence electrons. The second-order valence-electron chi connectivity index (χ2n) is 8.54. The van der Waals surface area contributed by atoms with Gasteiger partial charge in [-0.3, -0.25) is 9.97 Å². The van der Waals surface area contributed by atoms with Crippen LogP contribution in [0.2, 0.25) is 0 Å². The molecule has 0 atom stereocenters. The smallest absolute Gasteiger partial charge is 0.162 e. The first-order valence-electron chi connectivity index (χ1n) is 11.3. The Morgan fingerprint density at radius 3 is 2.50 bits per heavy atom. The minimum atomic E-state index is 0.420. The Morgan fingerprint density at radius 1 is 0.875 bits per heavy atom. The molecule has 32 heavy (non-hydrogen) atoms. The first kappa shape index (κ1) is 20.3. The fraction of sp³-hybridized carbons (Fsp3) is 0.259. The second kappa shape index (κ2) is 8.87. The third-order valence-corrected chi connectivity index (χ3v) is 5.97. The molecule has 0 spiro atoms. The number of rotatable bonds is 6. The third-order valence-electron chi connectivity index (χ3n) is 5.97. The topological polar surface area (TPSA) is 63.6 Å². The molecule has 3 aromatic heterocycles. The number of nitrogens with zero attached hydrogens (tertiary/aromatic N) is 4. The van der Waals surface area contributed by atoms with Crippen LogP contribution in [-0.4, -0.2) is 19.9 Å². The SMILES string of the molecule is CC(C)c1ccccc1-c1nc2c(c(NCc3ccc(-c4ccccn4)nc3)n1)CCC2. The van der Waals surface area contributed by atoms with Crippen LogP contribution in [0.25, 0.3) is 22.8 Å². The predicted octanol–water partition coefficient (Wildman–Crippen LogP) is 5.82. The Hall–Kier alpha value is -3.60. The number of benzene rings is 1. The number of hydrogen-bond donors (Lipinski definition) is 1. The van der Waals surface area contributed by atoms with E-state index in [0.717, 1.165) is 53.4 Å². The van der Waals surface area contributed by atoms with Crippen molar-refractivity contribution in [2.45, 2.75) is 45.6 Å². The van der Waals surface area contributed by atoms with Crippen molar-refractivity contribution in [1.29, 1.82) is 0 Å². The summed E-state index contributed by atoms with van der Waals surface area (Å²) in [5, 5.41) is 3.57. The van der Waals surface area contributed by atoms with E-state index in [2.05, 4.69) is 59.5 Å². The summed E-state index contributed by atoms with van der Waals surface area (Å²) in [7, 11) is 0. The highest BCUT2D eigenvalue weighted by atomic mass is 15.0. The van der Waals surface area contributed by atoms with Crippen molar-refractivity contribution >= 4 is 5.82 Å². The van der Waals surface area contributed by atoms with Gasteiger partial charge in [0.15, 0.2) is 5.82 Å². The summed E-state index contributed by atoms with van der Waals surface area (Å²) in [5.41, 5.74) is 7.72. The molecule has 3 heterocycles. The Morgan fingerprint density at radius 2 is 1.72 bits per heavy atom. The predicted molar refractivity (Wildman–Crippen MR) is 128 cm³/mol. The quantitative estimate of drug-likeness (QED) is 0.425. The average molecular weight is 422 g/mol. The van der Waals surface area contributed by atoms with Gasteiger partial charge in [0.2, 0.25) is 0 Å². The molecule has 1 aromatic carbocycles. The summed E-state index contributed by atoms with van der Waals surface area (Å²) < 4.78 is 0. The summed E-state index contributed by atoms with van der Waals surface area (Å²) >= 11 is 0. The van der Waals surface area contributed by atoms with E-state index >= 15 is 0 Å². The molecule has 0 fully saturated rings. The van der Waals surface area contributed by atoms with E-state index < -0.39 is 0 Å². The lowest BCUT2D eigenvalue weighted by Gasteiger charge is -2.15. The summed E-state index contributed by atoms with van der Waals surface area (Å²) in [4.78, 5) is 18.9. The summed E-state index contributed by atoms with van der Waals surface area (Å²) in [6.45, 7) is 5.10. The third kappa shape index (κ3) is 4.11. The van der Waals surface area contributed by atoms with Crippen molar-refractivity contribution in [3.63, 3.8) is 0 Å². The van der Waals surface area contributed by atoms with Crippen molar-refractivity contribution in [2.75, 3.05) is 5.32 Å². The van der Waals surface area contributed by atoms with Gasteiger partial charge in [-0.05, 0) is 54.5 Å². The highest BCUT2D eigenvalue weighted by molar-refractivity contribution is 5.65. The molecule has 4 aromatic rings. The van der Waals surface area contributed by atoms with Crippen molar-refractivity contribution in [3.05, 3.63) is 89.4 Å². The van der Waals surface area contributed by atoms with Crippen molar-refractivity contribution in [3.8, 4) is 22.8 Å². The van der Waals surface area contributed by atoms with E-state index in [9.17, 15) is 0 Å². The maximum absolute atomic E-state index is 4.99. The van der Waals surface area contributed by atoms with Gasteiger partial charge in [0.05, 0.1) is 11.4 Å². The Balaban J connectivity index is 1.41. The van der Waals surface area contributed by atoms with E-state index in [1.54, 1.807) is 6.20 Å². The summed E-state index contributed by atoms with van der Waals surface area (Å²) in [6.07, 6.45) is 6.88. The van der Waals surface area contributed by atoms with Gasteiger partial charge in [0.1, 0.15) is 5.82 Å². The molecular formula is C27H27N5. The zero-order valence-corrected chi connectivity index (χ0v) is 18.5. The van der Waals surface area contributed by atoms with E-state index in [-0.39, 0.29) is 0 Å². The lowest BCUT2D eigenvalue weighted by atomic mass is 9.96. The highest BCUT2D eigenvalue weighted by Crippen LogP contribution is 2.32. The van der Waals surface area contributed by atoms with Crippen LogP contribution in [-0.2, 0) is 19.4 Å². The van der Waals surface area contributed by atoms with E-state index in [4.69, 9.17) is 9.97 Å². The van der Waals surface area contributed by atoms with Gasteiger partial charge in [0, 0.05) is 35.8 Å². The van der Waals surface area contributed by atoms with Crippen LogP contribution in [0.1, 0.15) is 48.6 Å². The molecule has 0 saturated heterocycles. The molecular weight excluding hydrogens is 394 g/mol. The van der Waals surface area contributed by atoms with Crippen LogP contribution in [0.4, 0.5) is 5.82 Å². The van der Waals surface area contributed by atoms with Gasteiger partial charge in [0.25, 0.3) is 0 Å². The molecule has 1 aliphatic rings. The van der Waals surface area contributed by atoms with Crippen LogP contribution in [0, 0.1) is 0 Å². The standard InChI is InChI=1S/C27H27N5/c1-18(2)20-8-3-4-9-21(20)27-31-23-12-7-10-22(23)26(32-27)30-17-19-13-14-25(29-16-19)24-11-5-6-15-28-24/h3-6,8-9,11,13-16,18H,7,10,12,17H2,1-2H3,(H,30,31,32). The molecule has 0 bridgehead atoms. The highest BCUT2D eigenvalue weighted by Gasteiger charge is 2.21. The largest absolute Gasteiger partial charge is 0.366 e. The first-order valence-corrected chi connectivity index (χ1v) is 11.3. The number of aromatic nitrogens is 4. The van der Waals surface area contributed by atoms with Gasteiger partial charge in [-0.1, -0.05) is 50.2 Å². The van der Waals surface area contributed by atoms with Gasteiger partial charge in [-0.2, -0.15) is 0 Å². The first-order chi connectivity index (χ1) is 15.7. The summed E-state index contributed by atoms with van der Waals surface area (Å²) in [6, 6.07) is 18.5. The van der Waals surface area contributed by atoms with Crippen LogP contribution >= 0.6 is 0 Å². The monoisotopic (exact) mass is 421 g/mol. The second-order valence-corrected chi connectivity index (χ2v) is 8.54. The van der Waals surface area contributed by atoms with Crippen molar-refractivity contribution < 1.29 is 0 Å². The zero-order valence-electron chi connectivity index (χ0n) is 18.5. The molecule has 1 aliphatic carbocycles. The normalized spacial score (nSPS) is 12.7. The lowest BCUT2D eigenvalue weighted by Crippen LogP contribution is -2.08. The Kier molecular flexibility index (Phi) is 5.63. The minimum absolute atomic E-state index is 0.420. The number of nitrogens with one attached hydrogen (secondary N) is 1. The van der Waals surface area contributed by atoms with Crippen molar-refractivity contribution in [2.24, 2.45) is 0 Å². The van der Waals surface area contributed by atoms with Crippen LogP contribution in [0.5, 0.6) is 0 Å². The fourth-order valence-electron chi connectivity index (χ4n) is 4.28. The van der Waals surface area contributed by atoms with Crippen molar-refractivity contribution in [1.82, 2.24) is 19.9 Å². The lowest BCUT2D eigenvalue weighted by molar-refractivity contribution is 0.864. The van der Waals surface area contributed by atoms with Crippen LogP contribution in [0.15, 0.2) is 67.0 Å². The average Bonchev–Trinajstić information content (AvgIpc) is 3.32. The fourth-order valence-corrected chi connectivity index (χ4v) is 4.28. The molecule has 0 unspecified atom stereocenters. The van der Waals surface area contributed by atoms with Crippen LogP contribution in [0.3, 0.4) is 0 Å². The minimum Gasteiger partial charge on any atom is -0.366 e. The molecule has 5 nitrogen and oxygen atoms in total. The maximum Gasteiger partial charge on any atom is 0.162 e. The van der Waals surface area contributed by atoms with Gasteiger partial charge in [-0.25, -0.2) is 9.97 Å². The molecule has 0 radical (unpaired) electrons.